The van der Waals surface area contributed by atoms with Crippen molar-refractivity contribution in [2.45, 2.75) is 25.3 Å². The second-order valence-corrected chi connectivity index (χ2v) is 4.55. The van der Waals surface area contributed by atoms with Crippen LogP contribution in [0.4, 0.5) is 0 Å². The van der Waals surface area contributed by atoms with Gasteiger partial charge in [0.1, 0.15) is 0 Å². The van der Waals surface area contributed by atoms with E-state index >= 15 is 0 Å². The van der Waals surface area contributed by atoms with Crippen molar-refractivity contribution in [3.8, 4) is 17.3 Å². The zero-order valence-corrected chi connectivity index (χ0v) is 12.0. The molecule has 1 aliphatic heterocycles. The van der Waals surface area contributed by atoms with Gasteiger partial charge in [0.15, 0.2) is 0 Å². The van der Waals surface area contributed by atoms with Crippen LogP contribution >= 0.6 is 12.4 Å². The number of piperidine rings is 1. The Morgan fingerprint density at radius 2 is 2.25 bits per heavy atom. The van der Waals surface area contributed by atoms with E-state index in [0.717, 1.165) is 18.5 Å². The molecule has 1 aliphatic rings. The third-order valence-corrected chi connectivity index (χ3v) is 3.25. The molecule has 20 heavy (non-hydrogen) atoms. The van der Waals surface area contributed by atoms with E-state index in [0.29, 0.717) is 17.6 Å². The van der Waals surface area contributed by atoms with Gasteiger partial charge in [0.25, 0.3) is 0 Å². The lowest BCUT2D eigenvalue weighted by Gasteiger charge is -2.19. The Kier molecular flexibility index (Phi) is 4.92. The molecule has 0 unspecified atom stereocenters. The van der Waals surface area contributed by atoms with Crippen LogP contribution in [0.1, 0.15) is 31.2 Å². The highest BCUT2D eigenvalue weighted by atomic mass is 35.5. The van der Waals surface area contributed by atoms with Gasteiger partial charge in [0, 0.05) is 17.8 Å². The fourth-order valence-electron chi connectivity index (χ4n) is 2.19. The summed E-state index contributed by atoms with van der Waals surface area (Å²) in [6.45, 7) is 1.01. The fraction of sp³-hybridized carbons (Fsp3) is 0.462. The van der Waals surface area contributed by atoms with E-state index < -0.39 is 0 Å². The zero-order chi connectivity index (χ0) is 13.1. The number of pyridine rings is 1. The Balaban J connectivity index is 0.00000147. The molecular formula is C13H17ClN4O2. The summed E-state index contributed by atoms with van der Waals surface area (Å²) in [4.78, 5) is 8.57. The first-order valence-electron chi connectivity index (χ1n) is 6.44. The van der Waals surface area contributed by atoms with Gasteiger partial charge in [-0.15, -0.1) is 12.4 Å². The first-order valence-corrected chi connectivity index (χ1v) is 6.44. The van der Waals surface area contributed by atoms with Crippen molar-refractivity contribution in [3.63, 3.8) is 0 Å². The lowest BCUT2D eigenvalue weighted by atomic mass is 10.1. The summed E-state index contributed by atoms with van der Waals surface area (Å²) >= 11 is 0. The molecule has 6 nitrogen and oxygen atoms in total. The van der Waals surface area contributed by atoms with E-state index in [9.17, 15) is 0 Å². The SMILES string of the molecule is COc1ccc(-c2noc([C@H]3CCCCN3)n2)cn1.Cl. The van der Waals surface area contributed by atoms with Gasteiger partial charge >= 0.3 is 0 Å². The van der Waals surface area contributed by atoms with E-state index in [4.69, 9.17) is 9.26 Å². The molecule has 2 aromatic rings. The van der Waals surface area contributed by atoms with Crippen LogP contribution in [0.25, 0.3) is 11.4 Å². The van der Waals surface area contributed by atoms with Crippen molar-refractivity contribution in [3.05, 3.63) is 24.2 Å². The first-order chi connectivity index (χ1) is 9.36. The maximum absolute atomic E-state index is 5.33. The third-order valence-electron chi connectivity index (χ3n) is 3.25. The Hall–Kier alpha value is -1.66. The van der Waals surface area contributed by atoms with Gasteiger partial charge < -0.3 is 14.6 Å². The maximum atomic E-state index is 5.33. The minimum atomic E-state index is 0. The molecule has 0 radical (unpaired) electrons. The molecule has 7 heteroatoms. The maximum Gasteiger partial charge on any atom is 0.244 e. The topological polar surface area (TPSA) is 73.1 Å². The highest BCUT2D eigenvalue weighted by Crippen LogP contribution is 2.24. The number of rotatable bonds is 3. The summed E-state index contributed by atoms with van der Waals surface area (Å²) in [6.07, 6.45) is 5.13. The number of nitrogens with one attached hydrogen (secondary N) is 1. The lowest BCUT2D eigenvalue weighted by molar-refractivity contribution is 0.297. The van der Waals surface area contributed by atoms with Gasteiger partial charge in [0.2, 0.25) is 17.6 Å². The lowest BCUT2D eigenvalue weighted by Crippen LogP contribution is -2.26. The Labute approximate surface area is 123 Å². The van der Waals surface area contributed by atoms with Crippen molar-refractivity contribution in [1.29, 1.82) is 0 Å². The highest BCUT2D eigenvalue weighted by Gasteiger charge is 2.21. The minimum Gasteiger partial charge on any atom is -0.481 e. The summed E-state index contributed by atoms with van der Waals surface area (Å²) in [5.41, 5.74) is 0.826. The predicted octanol–water partition coefficient (Wildman–Crippen LogP) is 2.38. The van der Waals surface area contributed by atoms with Gasteiger partial charge in [-0.3, -0.25) is 0 Å². The summed E-state index contributed by atoms with van der Waals surface area (Å²) in [6, 6.07) is 3.83. The highest BCUT2D eigenvalue weighted by molar-refractivity contribution is 5.85. The van der Waals surface area contributed by atoms with Crippen molar-refractivity contribution in [2.75, 3.05) is 13.7 Å². The summed E-state index contributed by atoms with van der Waals surface area (Å²) in [5, 5.41) is 7.40. The minimum absolute atomic E-state index is 0. The van der Waals surface area contributed by atoms with Crippen LogP contribution in [-0.4, -0.2) is 28.8 Å². The van der Waals surface area contributed by atoms with Crippen LogP contribution in [0.2, 0.25) is 0 Å². The zero-order valence-electron chi connectivity index (χ0n) is 11.2. The second-order valence-electron chi connectivity index (χ2n) is 4.55. The van der Waals surface area contributed by atoms with Crippen molar-refractivity contribution >= 4 is 12.4 Å². The number of nitrogens with zero attached hydrogens (tertiary/aromatic N) is 3. The predicted molar refractivity (Wildman–Crippen MR) is 75.9 cm³/mol. The molecule has 1 atom stereocenters. The molecule has 0 spiro atoms. The van der Waals surface area contributed by atoms with Crippen LogP contribution in [-0.2, 0) is 0 Å². The molecule has 0 aromatic carbocycles. The molecule has 0 amide bonds. The summed E-state index contributed by atoms with van der Waals surface area (Å²) < 4.78 is 10.4. The quantitative estimate of drug-likeness (QED) is 0.937. The van der Waals surface area contributed by atoms with E-state index in [1.807, 2.05) is 6.07 Å². The second kappa shape index (κ2) is 6.67. The summed E-state index contributed by atoms with van der Waals surface area (Å²) in [5.74, 6) is 1.80. The molecule has 108 valence electrons. The van der Waals surface area contributed by atoms with Crippen LogP contribution in [0.5, 0.6) is 5.88 Å². The van der Waals surface area contributed by atoms with Crippen LogP contribution in [0.15, 0.2) is 22.9 Å². The molecule has 0 bridgehead atoms. The van der Waals surface area contributed by atoms with Gasteiger partial charge in [0.05, 0.1) is 13.2 Å². The van der Waals surface area contributed by atoms with Crippen molar-refractivity contribution in [1.82, 2.24) is 20.4 Å². The average Bonchev–Trinajstić information content (AvgIpc) is 2.98. The molecule has 0 aliphatic carbocycles. The molecule has 3 rings (SSSR count). The number of aromatic nitrogens is 3. The molecule has 3 heterocycles. The molecule has 1 N–H and O–H groups in total. The first kappa shape index (κ1) is 14.7. The van der Waals surface area contributed by atoms with E-state index in [1.54, 1.807) is 19.4 Å². The Bertz CT molecular complexity index is 538. The number of hydrogen-bond donors (Lipinski definition) is 1. The monoisotopic (exact) mass is 296 g/mol. The fourth-order valence-corrected chi connectivity index (χ4v) is 2.19. The van der Waals surface area contributed by atoms with E-state index in [2.05, 4.69) is 20.4 Å². The Morgan fingerprint density at radius 3 is 2.90 bits per heavy atom. The number of hydrogen-bond acceptors (Lipinski definition) is 6. The largest absolute Gasteiger partial charge is 0.481 e. The number of ether oxygens (including phenoxy) is 1. The summed E-state index contributed by atoms with van der Waals surface area (Å²) in [7, 11) is 1.59. The number of methoxy groups -OCH3 is 1. The van der Waals surface area contributed by atoms with Gasteiger partial charge in [-0.25, -0.2) is 4.98 Å². The van der Waals surface area contributed by atoms with Crippen LogP contribution in [0, 0.1) is 0 Å². The number of halogens is 1. The van der Waals surface area contributed by atoms with Crippen molar-refractivity contribution in [2.24, 2.45) is 0 Å². The molecule has 0 saturated carbocycles. The molecule has 1 saturated heterocycles. The van der Waals surface area contributed by atoms with Crippen molar-refractivity contribution < 1.29 is 9.26 Å². The van der Waals surface area contributed by atoms with E-state index in [1.165, 1.54) is 12.8 Å². The van der Waals surface area contributed by atoms with Gasteiger partial charge in [-0.05, 0) is 25.5 Å². The normalized spacial score (nSPS) is 18.4. The Morgan fingerprint density at radius 1 is 1.35 bits per heavy atom. The van der Waals surface area contributed by atoms with Crippen LogP contribution in [0.3, 0.4) is 0 Å². The third kappa shape index (κ3) is 3.08. The van der Waals surface area contributed by atoms with Crippen LogP contribution < -0.4 is 10.1 Å². The molecule has 2 aromatic heterocycles. The molecule has 1 fully saturated rings. The van der Waals surface area contributed by atoms with Gasteiger partial charge in [-0.1, -0.05) is 11.6 Å². The smallest absolute Gasteiger partial charge is 0.244 e. The average molecular weight is 297 g/mol. The van der Waals surface area contributed by atoms with Gasteiger partial charge in [-0.2, -0.15) is 4.98 Å². The van der Waals surface area contributed by atoms with E-state index in [-0.39, 0.29) is 18.4 Å². The molecular weight excluding hydrogens is 280 g/mol. The standard InChI is InChI=1S/C13H16N4O2.ClH/c1-18-11-6-5-9(8-15-11)12-16-13(19-17-12)10-4-2-3-7-14-10;/h5-6,8,10,14H,2-4,7H2,1H3;1H/t10-;/m1./s1.